The number of ether oxygens (including phenoxy) is 1. The topological polar surface area (TPSA) is 70.2 Å². The lowest BCUT2D eigenvalue weighted by atomic mass is 10.1. The van der Waals surface area contributed by atoms with Crippen LogP contribution in [0.2, 0.25) is 0 Å². The number of piperazine rings is 1. The van der Waals surface area contributed by atoms with Crippen molar-refractivity contribution in [3.05, 3.63) is 53.6 Å². The van der Waals surface area contributed by atoms with Gasteiger partial charge in [-0.1, -0.05) is 12.1 Å². The fraction of sp³-hybridized carbons (Fsp3) is 0.435. The van der Waals surface area contributed by atoms with Crippen molar-refractivity contribution in [3.63, 3.8) is 0 Å². The van der Waals surface area contributed by atoms with Gasteiger partial charge in [-0.3, -0.25) is 9.10 Å². The maximum absolute atomic E-state index is 13.3. The first-order chi connectivity index (χ1) is 14.6. The van der Waals surface area contributed by atoms with E-state index in [4.69, 9.17) is 4.74 Å². The number of hydrogen-bond donors (Lipinski definition) is 0. The minimum absolute atomic E-state index is 0.180. The molecule has 168 valence electrons. The van der Waals surface area contributed by atoms with E-state index in [2.05, 4.69) is 4.90 Å². The summed E-state index contributed by atoms with van der Waals surface area (Å²) in [6, 6.07) is 12.7. The van der Waals surface area contributed by atoms with Crippen molar-refractivity contribution in [2.75, 3.05) is 48.7 Å². The van der Waals surface area contributed by atoms with E-state index in [1.165, 1.54) is 4.31 Å². The molecule has 1 aliphatic heterocycles. The first-order valence-electron chi connectivity index (χ1n) is 10.4. The molecule has 31 heavy (non-hydrogen) atoms. The van der Waals surface area contributed by atoms with E-state index < -0.39 is 16.1 Å². The lowest BCUT2D eigenvalue weighted by Gasteiger charge is -2.39. The molecule has 1 amide bonds. The smallest absolute Gasteiger partial charge is 0.246 e. The first-order valence-corrected chi connectivity index (χ1v) is 12.2. The monoisotopic (exact) mass is 445 g/mol. The van der Waals surface area contributed by atoms with Crippen LogP contribution in [0.4, 0.5) is 11.4 Å². The highest BCUT2D eigenvalue weighted by atomic mass is 32.2. The molecule has 0 aromatic heterocycles. The van der Waals surface area contributed by atoms with Crippen LogP contribution in [0.25, 0.3) is 0 Å². The molecule has 1 atom stereocenters. The van der Waals surface area contributed by atoms with Gasteiger partial charge in [-0.2, -0.15) is 0 Å². The summed E-state index contributed by atoms with van der Waals surface area (Å²) >= 11 is 0. The number of hydrogen-bond acceptors (Lipinski definition) is 5. The zero-order valence-corrected chi connectivity index (χ0v) is 19.6. The molecule has 0 spiro atoms. The van der Waals surface area contributed by atoms with Gasteiger partial charge in [-0.15, -0.1) is 0 Å². The van der Waals surface area contributed by atoms with Crippen LogP contribution >= 0.6 is 0 Å². The van der Waals surface area contributed by atoms with Gasteiger partial charge in [0.05, 0.1) is 19.1 Å². The van der Waals surface area contributed by atoms with E-state index in [0.717, 1.165) is 28.8 Å². The fourth-order valence-corrected chi connectivity index (χ4v) is 5.19. The molecule has 0 saturated carbocycles. The Morgan fingerprint density at radius 1 is 1.03 bits per heavy atom. The van der Waals surface area contributed by atoms with E-state index in [-0.39, 0.29) is 5.91 Å². The number of benzene rings is 2. The average molecular weight is 446 g/mol. The predicted molar refractivity (Wildman–Crippen MR) is 124 cm³/mol. The van der Waals surface area contributed by atoms with Crippen molar-refractivity contribution >= 4 is 27.3 Å². The maximum Gasteiger partial charge on any atom is 0.246 e. The Morgan fingerprint density at radius 2 is 1.65 bits per heavy atom. The Balaban J connectivity index is 1.74. The van der Waals surface area contributed by atoms with Gasteiger partial charge in [0.15, 0.2) is 0 Å². The minimum atomic E-state index is -3.64. The molecule has 0 radical (unpaired) electrons. The summed E-state index contributed by atoms with van der Waals surface area (Å²) < 4.78 is 31.8. The van der Waals surface area contributed by atoms with Crippen LogP contribution in [-0.4, -0.2) is 64.8 Å². The Labute approximate surface area is 185 Å². The molecular weight excluding hydrogens is 414 g/mol. The van der Waals surface area contributed by atoms with Crippen LogP contribution < -0.4 is 13.9 Å². The number of carbonyl (C=O) groups excluding carboxylic acids is 1. The molecule has 0 N–H and O–H groups in total. The van der Waals surface area contributed by atoms with E-state index in [1.54, 1.807) is 18.9 Å². The van der Waals surface area contributed by atoms with Crippen molar-refractivity contribution in [3.8, 4) is 5.75 Å². The number of anilines is 2. The minimum Gasteiger partial charge on any atom is -0.497 e. The van der Waals surface area contributed by atoms with Gasteiger partial charge in [0.1, 0.15) is 11.8 Å². The summed E-state index contributed by atoms with van der Waals surface area (Å²) in [5, 5.41) is 0. The number of carbonyl (C=O) groups is 1. The molecule has 3 rings (SSSR count). The molecule has 7 nitrogen and oxygen atoms in total. The molecule has 2 aromatic rings. The van der Waals surface area contributed by atoms with Gasteiger partial charge >= 0.3 is 0 Å². The van der Waals surface area contributed by atoms with Gasteiger partial charge in [0.25, 0.3) is 0 Å². The van der Waals surface area contributed by atoms with Gasteiger partial charge in [-0.25, -0.2) is 8.42 Å². The second-order valence-electron chi connectivity index (χ2n) is 8.04. The highest BCUT2D eigenvalue weighted by Crippen LogP contribution is 2.27. The highest BCUT2D eigenvalue weighted by molar-refractivity contribution is 7.92. The SMILES string of the molecule is COc1ccc(N2CCN(C(=O)C(C)N(c3cc(C)ccc3C)S(C)(=O)=O)CC2)cc1. The van der Waals surface area contributed by atoms with Crippen LogP contribution in [0.15, 0.2) is 42.5 Å². The molecule has 1 fully saturated rings. The van der Waals surface area contributed by atoms with Crippen LogP contribution in [0.5, 0.6) is 5.75 Å². The largest absolute Gasteiger partial charge is 0.497 e. The second kappa shape index (κ2) is 9.18. The van der Waals surface area contributed by atoms with Crippen molar-refractivity contribution in [1.82, 2.24) is 4.90 Å². The summed E-state index contributed by atoms with van der Waals surface area (Å²) in [6.07, 6.45) is 1.15. The van der Waals surface area contributed by atoms with Crippen molar-refractivity contribution < 1.29 is 17.9 Å². The van der Waals surface area contributed by atoms with Gasteiger partial charge in [0, 0.05) is 31.9 Å². The second-order valence-corrected chi connectivity index (χ2v) is 9.89. The Hall–Kier alpha value is -2.74. The quantitative estimate of drug-likeness (QED) is 0.684. The Bertz CT molecular complexity index is 1030. The fourth-order valence-electron chi connectivity index (χ4n) is 3.97. The van der Waals surface area contributed by atoms with E-state index >= 15 is 0 Å². The molecule has 2 aromatic carbocycles. The molecular formula is C23H31N3O4S. The van der Waals surface area contributed by atoms with Crippen LogP contribution in [0.1, 0.15) is 18.1 Å². The molecule has 8 heteroatoms. The summed E-state index contributed by atoms with van der Waals surface area (Å²) in [7, 11) is -2.00. The number of sulfonamides is 1. The lowest BCUT2D eigenvalue weighted by molar-refractivity contribution is -0.132. The number of rotatable bonds is 6. The van der Waals surface area contributed by atoms with E-state index in [1.807, 2.05) is 56.3 Å². The van der Waals surface area contributed by atoms with Gasteiger partial charge in [0.2, 0.25) is 15.9 Å². The summed E-state index contributed by atoms with van der Waals surface area (Å²) in [5.74, 6) is 0.624. The number of amides is 1. The molecule has 1 unspecified atom stereocenters. The molecule has 0 aliphatic carbocycles. The first kappa shape index (κ1) is 22.9. The van der Waals surface area contributed by atoms with Crippen molar-refractivity contribution in [2.45, 2.75) is 26.8 Å². The van der Waals surface area contributed by atoms with Gasteiger partial charge in [-0.05, 0) is 62.2 Å². The van der Waals surface area contributed by atoms with Crippen LogP contribution in [-0.2, 0) is 14.8 Å². The lowest BCUT2D eigenvalue weighted by Crippen LogP contribution is -2.55. The zero-order chi connectivity index (χ0) is 22.8. The van der Waals surface area contributed by atoms with Crippen molar-refractivity contribution in [1.29, 1.82) is 0 Å². The average Bonchev–Trinajstić information content (AvgIpc) is 2.75. The normalized spacial score (nSPS) is 15.5. The van der Waals surface area contributed by atoms with Gasteiger partial charge < -0.3 is 14.5 Å². The third-order valence-corrected chi connectivity index (χ3v) is 6.92. The summed E-state index contributed by atoms with van der Waals surface area (Å²) in [6.45, 7) is 7.90. The van der Waals surface area contributed by atoms with E-state index in [0.29, 0.717) is 31.9 Å². The van der Waals surface area contributed by atoms with Crippen molar-refractivity contribution in [2.24, 2.45) is 0 Å². The molecule has 0 bridgehead atoms. The van der Waals surface area contributed by atoms with Crippen LogP contribution in [0, 0.1) is 13.8 Å². The number of nitrogens with zero attached hydrogens (tertiary/aromatic N) is 3. The third kappa shape index (κ3) is 5.12. The molecule has 1 saturated heterocycles. The highest BCUT2D eigenvalue weighted by Gasteiger charge is 2.34. The number of methoxy groups -OCH3 is 1. The Morgan fingerprint density at radius 3 is 2.19 bits per heavy atom. The maximum atomic E-state index is 13.3. The van der Waals surface area contributed by atoms with Crippen LogP contribution in [0.3, 0.4) is 0 Å². The zero-order valence-electron chi connectivity index (χ0n) is 18.8. The molecule has 1 heterocycles. The standard InChI is InChI=1S/C23H31N3O4S/c1-17-6-7-18(2)22(16-17)26(31(5,28)29)19(3)23(27)25-14-12-24(13-15-25)20-8-10-21(30-4)11-9-20/h6-11,16,19H,12-15H2,1-5H3. The molecule has 1 aliphatic rings. The Kier molecular flexibility index (Phi) is 6.79. The third-order valence-electron chi connectivity index (χ3n) is 5.70. The van der Waals surface area contributed by atoms with E-state index in [9.17, 15) is 13.2 Å². The summed E-state index contributed by atoms with van der Waals surface area (Å²) in [4.78, 5) is 17.2. The summed E-state index contributed by atoms with van der Waals surface area (Å²) in [5.41, 5.74) is 3.40. The number of aryl methyl sites for hydroxylation is 2. The predicted octanol–water partition coefficient (Wildman–Crippen LogP) is 2.82.